The van der Waals surface area contributed by atoms with Crippen molar-refractivity contribution in [1.82, 2.24) is 5.32 Å². The second kappa shape index (κ2) is 20.2. The topological polar surface area (TPSA) is 116 Å². The Hall–Kier alpha value is -0.200. The van der Waals surface area contributed by atoms with Crippen LogP contribution in [0.2, 0.25) is 0 Å². The summed E-state index contributed by atoms with van der Waals surface area (Å²) in [5.74, 6) is 0. The van der Waals surface area contributed by atoms with Gasteiger partial charge in [-0.3, -0.25) is 0 Å². The lowest BCUT2D eigenvalue weighted by molar-refractivity contribution is 0.653. The summed E-state index contributed by atoms with van der Waals surface area (Å²) in [4.78, 5) is 0. The molecule has 0 bridgehead atoms. The third-order valence-corrected chi connectivity index (χ3v) is 2.04. The van der Waals surface area contributed by atoms with Crippen molar-refractivity contribution < 1.29 is 0 Å². The van der Waals surface area contributed by atoms with Gasteiger partial charge in [0.2, 0.25) is 0 Å². The number of nitrogens with one attached hydrogen (secondary N) is 1. The molecule has 0 spiro atoms. The molecular formula is C11H31N5. The predicted molar refractivity (Wildman–Crippen MR) is 72.2 cm³/mol. The van der Waals surface area contributed by atoms with Gasteiger partial charge in [-0.05, 0) is 45.4 Å². The molecule has 5 nitrogen and oxygen atoms in total. The highest BCUT2D eigenvalue weighted by atomic mass is 14.9. The van der Waals surface area contributed by atoms with Crippen LogP contribution in [0.15, 0.2) is 0 Å². The zero-order valence-corrected chi connectivity index (χ0v) is 10.6. The lowest BCUT2D eigenvalue weighted by Gasteiger charge is -1.98. The number of rotatable bonds is 10. The van der Waals surface area contributed by atoms with Gasteiger partial charge in [-0.2, -0.15) is 0 Å². The number of hydrogen-bond acceptors (Lipinski definition) is 5. The van der Waals surface area contributed by atoms with E-state index in [0.717, 1.165) is 52.0 Å². The summed E-state index contributed by atoms with van der Waals surface area (Å²) >= 11 is 0. The average Bonchev–Trinajstić information content (AvgIpc) is 2.31. The Morgan fingerprint density at radius 3 is 1.38 bits per heavy atom. The van der Waals surface area contributed by atoms with Gasteiger partial charge in [-0.15, -0.1) is 0 Å². The van der Waals surface area contributed by atoms with E-state index in [2.05, 4.69) is 5.32 Å². The van der Waals surface area contributed by atoms with Gasteiger partial charge >= 0.3 is 0 Å². The largest absolute Gasteiger partial charge is 0.330 e. The van der Waals surface area contributed by atoms with Crippen LogP contribution >= 0.6 is 0 Å². The molecule has 0 aromatic rings. The zero-order chi connectivity index (χ0) is 12.5. The lowest BCUT2D eigenvalue weighted by atomic mass is 10.2. The Balaban J connectivity index is 0. The molecule has 9 N–H and O–H groups in total. The van der Waals surface area contributed by atoms with E-state index in [9.17, 15) is 0 Å². The second-order valence-electron chi connectivity index (χ2n) is 3.67. The summed E-state index contributed by atoms with van der Waals surface area (Å²) in [7, 11) is 0. The molecule has 5 heteroatoms. The first-order chi connectivity index (χ1) is 7.83. The van der Waals surface area contributed by atoms with Crippen LogP contribution in [0.5, 0.6) is 0 Å². The monoisotopic (exact) mass is 233 g/mol. The summed E-state index contributed by atoms with van der Waals surface area (Å²) in [5.41, 5.74) is 21.0. The molecule has 0 aliphatic rings. The normalized spacial score (nSPS) is 9.75. The van der Waals surface area contributed by atoms with Crippen molar-refractivity contribution in [1.29, 1.82) is 0 Å². The van der Waals surface area contributed by atoms with Gasteiger partial charge in [0.05, 0.1) is 0 Å². The molecule has 16 heavy (non-hydrogen) atoms. The smallest absolute Gasteiger partial charge is 0.00745 e. The Morgan fingerprint density at radius 1 is 0.500 bits per heavy atom. The Labute approximate surface area is 100 Å². The summed E-state index contributed by atoms with van der Waals surface area (Å²) in [5, 5.41) is 3.13. The predicted octanol–water partition coefficient (Wildman–Crippen LogP) is -0.652. The maximum Gasteiger partial charge on any atom is 0.00745 e. The Morgan fingerprint density at radius 2 is 1.00 bits per heavy atom. The SMILES string of the molecule is NCCCCCCN.NCCCNCCN. The van der Waals surface area contributed by atoms with E-state index >= 15 is 0 Å². The minimum Gasteiger partial charge on any atom is -0.330 e. The van der Waals surface area contributed by atoms with E-state index in [1.165, 1.54) is 12.8 Å². The van der Waals surface area contributed by atoms with Gasteiger partial charge in [0.15, 0.2) is 0 Å². The minimum atomic E-state index is 0.713. The van der Waals surface area contributed by atoms with Gasteiger partial charge in [-0.25, -0.2) is 0 Å². The Bertz CT molecular complexity index is 76.4. The van der Waals surface area contributed by atoms with Gasteiger partial charge in [0.25, 0.3) is 0 Å². The van der Waals surface area contributed by atoms with Gasteiger partial charge in [0, 0.05) is 13.1 Å². The van der Waals surface area contributed by atoms with E-state index in [1.807, 2.05) is 0 Å². The molecule has 0 radical (unpaired) electrons. The molecule has 0 aromatic carbocycles. The Kier molecular flexibility index (Phi) is 23.0. The molecule has 0 aliphatic carbocycles. The fourth-order valence-electron chi connectivity index (χ4n) is 1.10. The molecule has 0 fully saturated rings. The van der Waals surface area contributed by atoms with Crippen LogP contribution in [0.3, 0.4) is 0 Å². The molecule has 0 heterocycles. The quantitative estimate of drug-likeness (QED) is 0.321. The van der Waals surface area contributed by atoms with Gasteiger partial charge in [-0.1, -0.05) is 12.8 Å². The molecule has 100 valence electrons. The van der Waals surface area contributed by atoms with Crippen LogP contribution in [0.25, 0.3) is 0 Å². The molecule has 0 atom stereocenters. The zero-order valence-electron chi connectivity index (χ0n) is 10.6. The van der Waals surface area contributed by atoms with Crippen LogP contribution in [-0.2, 0) is 0 Å². The summed E-state index contributed by atoms with van der Waals surface area (Å²) in [6.07, 6.45) is 5.83. The highest BCUT2D eigenvalue weighted by Crippen LogP contribution is 1.95. The van der Waals surface area contributed by atoms with Crippen molar-refractivity contribution in [2.24, 2.45) is 22.9 Å². The van der Waals surface area contributed by atoms with Crippen LogP contribution in [0, 0.1) is 0 Å². The summed E-state index contributed by atoms with van der Waals surface area (Å²) < 4.78 is 0. The first-order valence-corrected chi connectivity index (χ1v) is 6.34. The van der Waals surface area contributed by atoms with Crippen LogP contribution in [0.4, 0.5) is 0 Å². The minimum absolute atomic E-state index is 0.713. The van der Waals surface area contributed by atoms with Crippen molar-refractivity contribution >= 4 is 0 Å². The maximum absolute atomic E-state index is 5.28. The highest BCUT2D eigenvalue weighted by molar-refractivity contribution is 4.47. The fraction of sp³-hybridized carbons (Fsp3) is 1.00. The maximum atomic E-state index is 5.28. The molecule has 0 aromatic heterocycles. The first-order valence-electron chi connectivity index (χ1n) is 6.34. The summed E-state index contributed by atoms with van der Waals surface area (Å²) in [6.45, 7) is 5.02. The van der Waals surface area contributed by atoms with Crippen molar-refractivity contribution in [3.05, 3.63) is 0 Å². The third-order valence-electron chi connectivity index (χ3n) is 2.04. The number of nitrogens with two attached hydrogens (primary N) is 4. The number of hydrogen-bond donors (Lipinski definition) is 5. The van der Waals surface area contributed by atoms with Crippen molar-refractivity contribution in [2.75, 3.05) is 39.3 Å². The van der Waals surface area contributed by atoms with Crippen LogP contribution < -0.4 is 28.3 Å². The first kappa shape index (κ1) is 18.2. The third kappa shape index (κ3) is 23.5. The molecule has 0 rings (SSSR count). The molecule has 0 aliphatic heterocycles. The van der Waals surface area contributed by atoms with E-state index < -0.39 is 0 Å². The fourth-order valence-corrected chi connectivity index (χ4v) is 1.10. The van der Waals surface area contributed by atoms with E-state index in [4.69, 9.17) is 22.9 Å². The molecular weight excluding hydrogens is 202 g/mol. The molecule has 0 amide bonds. The lowest BCUT2D eigenvalue weighted by Crippen LogP contribution is -2.24. The molecule has 0 saturated heterocycles. The van der Waals surface area contributed by atoms with Crippen molar-refractivity contribution in [3.8, 4) is 0 Å². The average molecular weight is 233 g/mol. The number of unbranched alkanes of at least 4 members (excludes halogenated alkanes) is 3. The van der Waals surface area contributed by atoms with Gasteiger partial charge in [0.1, 0.15) is 0 Å². The second-order valence-corrected chi connectivity index (χ2v) is 3.67. The molecule has 0 unspecified atom stereocenters. The van der Waals surface area contributed by atoms with Crippen LogP contribution in [0.1, 0.15) is 32.1 Å². The summed E-state index contributed by atoms with van der Waals surface area (Å²) in [6, 6.07) is 0. The van der Waals surface area contributed by atoms with Gasteiger partial charge < -0.3 is 28.3 Å². The molecule has 0 saturated carbocycles. The van der Waals surface area contributed by atoms with Crippen molar-refractivity contribution in [2.45, 2.75) is 32.1 Å². The van der Waals surface area contributed by atoms with Crippen molar-refractivity contribution in [3.63, 3.8) is 0 Å². The standard InChI is InChI=1S/C6H16N2.C5H15N3/c7-5-3-1-2-4-6-8;6-2-1-4-8-5-3-7/h1-8H2;8H,1-7H2. The van der Waals surface area contributed by atoms with Crippen LogP contribution in [-0.4, -0.2) is 39.3 Å². The van der Waals surface area contributed by atoms with E-state index in [1.54, 1.807) is 0 Å². The van der Waals surface area contributed by atoms with E-state index in [-0.39, 0.29) is 0 Å². The van der Waals surface area contributed by atoms with E-state index in [0.29, 0.717) is 6.54 Å². The highest BCUT2D eigenvalue weighted by Gasteiger charge is 1.83.